The molecular weight excluding hydrogens is 251 g/mol. The molecule has 0 bridgehead atoms. The number of nitrogens with zero attached hydrogens (tertiary/aromatic N) is 1. The fraction of sp³-hybridized carbons (Fsp3) is 0.182. The predicted octanol–water partition coefficient (Wildman–Crippen LogP) is 1.74. The zero-order chi connectivity index (χ0) is 9.68. The normalized spacial score (nSPS) is 9.57. The number of ketones is 1. The minimum Gasteiger partial charge on any atom is -0.383 e. The van der Waals surface area contributed by atoms with Crippen LogP contribution in [0.3, 0.4) is 0 Å². The Morgan fingerprint density at radius 3 is 2.43 bits per heavy atom. The van der Waals surface area contributed by atoms with E-state index >= 15 is 0 Å². The number of allylic oxidation sites excluding steroid dienone is 1. The molecule has 0 unspecified atom stereocenters. The summed E-state index contributed by atoms with van der Waals surface area (Å²) in [6, 6.07) is 9.84. The maximum atomic E-state index is 11.4. The first-order valence-electron chi connectivity index (χ1n) is 4.05. The Kier molecular flexibility index (Phi) is 6.68. The van der Waals surface area contributed by atoms with Crippen molar-refractivity contribution in [3.63, 3.8) is 0 Å². The number of benzene rings is 1. The summed E-state index contributed by atoms with van der Waals surface area (Å²) in [5.41, 5.74) is 0.692. The first-order valence-corrected chi connectivity index (χ1v) is 4.05. The molecule has 0 aromatic heterocycles. The van der Waals surface area contributed by atoms with Crippen molar-refractivity contribution in [2.75, 3.05) is 14.1 Å². The Hall–Kier alpha value is -0.466. The van der Waals surface area contributed by atoms with E-state index in [1.165, 1.54) is 0 Å². The standard InChI is InChI=1S/C11H12NO.Y/c1-12(2)9-8-11(13)10-6-4-3-5-7-10;/h4-9H,1-2H3;/q-1;/b9-8+;. The van der Waals surface area contributed by atoms with Gasteiger partial charge in [0.2, 0.25) is 0 Å². The van der Waals surface area contributed by atoms with Gasteiger partial charge in [-0.25, -0.2) is 0 Å². The minimum atomic E-state index is 0. The maximum absolute atomic E-state index is 11.4. The molecule has 0 spiro atoms. The van der Waals surface area contributed by atoms with Crippen LogP contribution in [0.15, 0.2) is 36.5 Å². The van der Waals surface area contributed by atoms with Gasteiger partial charge in [0.1, 0.15) is 0 Å². The van der Waals surface area contributed by atoms with Gasteiger partial charge in [-0.1, -0.05) is 5.56 Å². The quantitative estimate of drug-likeness (QED) is 0.470. The summed E-state index contributed by atoms with van der Waals surface area (Å²) in [7, 11) is 3.76. The van der Waals surface area contributed by atoms with Crippen LogP contribution in [0.4, 0.5) is 0 Å². The van der Waals surface area contributed by atoms with E-state index in [0.29, 0.717) is 5.56 Å². The van der Waals surface area contributed by atoms with Crippen molar-refractivity contribution >= 4 is 5.78 Å². The van der Waals surface area contributed by atoms with Gasteiger partial charge >= 0.3 is 0 Å². The molecule has 0 aliphatic rings. The minimum absolute atomic E-state index is 0. The van der Waals surface area contributed by atoms with E-state index < -0.39 is 0 Å². The molecular formula is C11H12NOY-. The van der Waals surface area contributed by atoms with Crippen molar-refractivity contribution in [1.82, 2.24) is 4.90 Å². The Morgan fingerprint density at radius 1 is 1.36 bits per heavy atom. The summed E-state index contributed by atoms with van der Waals surface area (Å²) < 4.78 is 0. The van der Waals surface area contributed by atoms with E-state index in [1.807, 2.05) is 19.0 Å². The Labute approximate surface area is 110 Å². The van der Waals surface area contributed by atoms with Crippen LogP contribution in [0.2, 0.25) is 0 Å². The average Bonchev–Trinajstić information content (AvgIpc) is 2.15. The third kappa shape index (κ3) is 4.68. The Bertz CT molecular complexity index is 306. The zero-order valence-corrected chi connectivity index (χ0v) is 11.2. The van der Waals surface area contributed by atoms with E-state index in [0.717, 1.165) is 0 Å². The predicted molar refractivity (Wildman–Crippen MR) is 52.4 cm³/mol. The van der Waals surface area contributed by atoms with Gasteiger partial charge in [0, 0.05) is 53.0 Å². The number of carbonyl (C=O) groups is 1. The molecule has 0 heterocycles. The summed E-state index contributed by atoms with van der Waals surface area (Å²) in [5.74, 6) is 0.0164. The summed E-state index contributed by atoms with van der Waals surface area (Å²) in [6.45, 7) is 0. The van der Waals surface area contributed by atoms with E-state index in [9.17, 15) is 4.79 Å². The first-order chi connectivity index (χ1) is 6.20. The molecule has 2 nitrogen and oxygen atoms in total. The molecule has 1 rings (SSSR count). The van der Waals surface area contributed by atoms with Crippen LogP contribution in [0.25, 0.3) is 0 Å². The van der Waals surface area contributed by atoms with Gasteiger partial charge in [-0.3, -0.25) is 4.79 Å². The van der Waals surface area contributed by atoms with Crippen molar-refractivity contribution in [3.8, 4) is 0 Å². The van der Waals surface area contributed by atoms with Crippen LogP contribution in [0.1, 0.15) is 10.4 Å². The van der Waals surface area contributed by atoms with Crippen molar-refractivity contribution in [2.45, 2.75) is 0 Å². The van der Waals surface area contributed by atoms with Crippen LogP contribution < -0.4 is 0 Å². The van der Waals surface area contributed by atoms with Gasteiger partial charge in [0.15, 0.2) is 5.78 Å². The van der Waals surface area contributed by atoms with Crippen LogP contribution in [-0.4, -0.2) is 24.8 Å². The van der Waals surface area contributed by atoms with Gasteiger partial charge in [0.05, 0.1) is 0 Å². The summed E-state index contributed by atoms with van der Waals surface area (Å²) in [6.07, 6.45) is 3.29. The fourth-order valence-electron chi connectivity index (χ4n) is 0.864. The molecule has 0 atom stereocenters. The number of hydrogen-bond donors (Lipinski definition) is 0. The molecule has 1 radical (unpaired) electrons. The van der Waals surface area contributed by atoms with Crippen LogP contribution >= 0.6 is 0 Å². The smallest absolute Gasteiger partial charge is 0.163 e. The average molecular weight is 263 g/mol. The molecule has 0 N–H and O–H groups in total. The van der Waals surface area contributed by atoms with Crippen LogP contribution in [0, 0.1) is 6.07 Å². The van der Waals surface area contributed by atoms with Crippen molar-refractivity contribution < 1.29 is 37.5 Å². The monoisotopic (exact) mass is 263 g/mol. The van der Waals surface area contributed by atoms with E-state index in [1.54, 1.807) is 36.5 Å². The maximum Gasteiger partial charge on any atom is 0.163 e. The summed E-state index contributed by atoms with van der Waals surface area (Å²) >= 11 is 0. The molecule has 14 heavy (non-hydrogen) atoms. The molecule has 0 saturated carbocycles. The summed E-state index contributed by atoms with van der Waals surface area (Å²) in [4.78, 5) is 13.2. The largest absolute Gasteiger partial charge is 0.383 e. The van der Waals surface area contributed by atoms with Crippen LogP contribution in [-0.2, 0) is 32.7 Å². The molecule has 0 saturated heterocycles. The first kappa shape index (κ1) is 13.5. The van der Waals surface area contributed by atoms with Gasteiger partial charge < -0.3 is 4.90 Å². The number of rotatable bonds is 3. The van der Waals surface area contributed by atoms with Gasteiger partial charge in [-0.15, -0.1) is 0 Å². The van der Waals surface area contributed by atoms with Crippen molar-refractivity contribution in [2.24, 2.45) is 0 Å². The van der Waals surface area contributed by atoms with E-state index in [2.05, 4.69) is 6.07 Å². The summed E-state index contributed by atoms with van der Waals surface area (Å²) in [5, 5.41) is 0. The number of carbonyl (C=O) groups excluding carboxylic acids is 1. The Balaban J connectivity index is 0.00000169. The van der Waals surface area contributed by atoms with Crippen molar-refractivity contribution in [3.05, 3.63) is 48.2 Å². The fourth-order valence-corrected chi connectivity index (χ4v) is 0.864. The van der Waals surface area contributed by atoms with Gasteiger partial charge in [-0.2, -0.15) is 30.3 Å². The molecule has 0 aliphatic heterocycles. The molecule has 1 aromatic carbocycles. The Morgan fingerprint density at radius 2 is 1.93 bits per heavy atom. The topological polar surface area (TPSA) is 20.3 Å². The second kappa shape index (κ2) is 6.91. The van der Waals surface area contributed by atoms with E-state index in [-0.39, 0.29) is 38.5 Å². The number of hydrogen-bond acceptors (Lipinski definition) is 2. The van der Waals surface area contributed by atoms with E-state index in [4.69, 9.17) is 0 Å². The second-order valence-electron chi connectivity index (χ2n) is 2.93. The van der Waals surface area contributed by atoms with Crippen LogP contribution in [0.5, 0.6) is 0 Å². The molecule has 0 fully saturated rings. The third-order valence-corrected chi connectivity index (χ3v) is 1.53. The molecule has 0 aliphatic carbocycles. The molecule has 3 heteroatoms. The third-order valence-electron chi connectivity index (χ3n) is 1.53. The zero-order valence-electron chi connectivity index (χ0n) is 8.40. The van der Waals surface area contributed by atoms with Gasteiger partial charge in [-0.05, 0) is 6.08 Å². The molecule has 0 amide bonds. The SMILES string of the molecule is CN(C)/C=C/C(=O)c1cc[c-]cc1.[Y]. The van der Waals surface area contributed by atoms with Crippen molar-refractivity contribution in [1.29, 1.82) is 0 Å². The second-order valence-corrected chi connectivity index (χ2v) is 2.93. The van der Waals surface area contributed by atoms with Gasteiger partial charge in [0.25, 0.3) is 0 Å². The molecule has 71 valence electrons. The molecule has 1 aromatic rings.